The summed E-state index contributed by atoms with van der Waals surface area (Å²) in [5.74, 6) is 3.02. The van der Waals surface area contributed by atoms with Crippen LogP contribution in [0.3, 0.4) is 0 Å². The van der Waals surface area contributed by atoms with Crippen molar-refractivity contribution in [3.63, 3.8) is 0 Å². The lowest BCUT2D eigenvalue weighted by atomic mass is 9.86. The van der Waals surface area contributed by atoms with E-state index in [1.54, 1.807) is 0 Å². The van der Waals surface area contributed by atoms with Crippen LogP contribution in [0.1, 0.15) is 163 Å². The van der Waals surface area contributed by atoms with Crippen LogP contribution in [0.4, 0.5) is 0 Å². The van der Waals surface area contributed by atoms with E-state index in [0.717, 1.165) is 17.8 Å². The average Bonchev–Trinajstić information content (AvgIpc) is 2.81. The molecule has 0 aliphatic carbocycles. The molecule has 0 radical (unpaired) electrons. The molecular weight excluding hydrogens is 386 g/mol. The molecule has 1 fully saturated rings. The molecule has 192 valence electrons. The summed E-state index contributed by atoms with van der Waals surface area (Å²) in [6, 6.07) is 0. The molecule has 0 saturated carbocycles. The average molecular weight is 450 g/mol. The number of rotatable bonds is 22. The SMILES string of the molecule is CCCCCCC(CCCC)CCCC1CCN(CC(CCCC)CCCCCC)CC1. The first kappa shape index (κ1) is 30.0. The van der Waals surface area contributed by atoms with Crippen molar-refractivity contribution < 1.29 is 0 Å². The van der Waals surface area contributed by atoms with E-state index in [2.05, 4.69) is 32.6 Å². The third-order valence-electron chi connectivity index (χ3n) is 8.31. The van der Waals surface area contributed by atoms with Gasteiger partial charge in [0.25, 0.3) is 0 Å². The van der Waals surface area contributed by atoms with E-state index in [1.807, 2.05) is 0 Å². The first-order chi connectivity index (χ1) is 15.7. The largest absolute Gasteiger partial charge is 0.303 e. The van der Waals surface area contributed by atoms with E-state index in [0.29, 0.717) is 0 Å². The highest BCUT2D eigenvalue weighted by Crippen LogP contribution is 2.28. The van der Waals surface area contributed by atoms with Gasteiger partial charge in [-0.15, -0.1) is 0 Å². The number of nitrogens with zero attached hydrogens (tertiary/aromatic N) is 1. The molecule has 32 heavy (non-hydrogen) atoms. The maximum atomic E-state index is 2.84. The number of unbranched alkanes of at least 4 members (excludes halogenated alkanes) is 8. The van der Waals surface area contributed by atoms with Crippen LogP contribution in [0, 0.1) is 17.8 Å². The van der Waals surface area contributed by atoms with Gasteiger partial charge in [0.1, 0.15) is 0 Å². The van der Waals surface area contributed by atoms with Gasteiger partial charge in [0, 0.05) is 6.54 Å². The lowest BCUT2D eigenvalue weighted by Crippen LogP contribution is -2.37. The molecule has 0 aromatic carbocycles. The van der Waals surface area contributed by atoms with Crippen LogP contribution in [-0.4, -0.2) is 24.5 Å². The smallest absolute Gasteiger partial charge is 0.000966 e. The Kier molecular flexibility index (Phi) is 20.1. The van der Waals surface area contributed by atoms with Gasteiger partial charge < -0.3 is 4.90 Å². The van der Waals surface area contributed by atoms with Crippen molar-refractivity contribution >= 4 is 0 Å². The first-order valence-electron chi connectivity index (χ1n) is 15.5. The molecule has 2 unspecified atom stereocenters. The summed E-state index contributed by atoms with van der Waals surface area (Å²) in [7, 11) is 0. The fourth-order valence-electron chi connectivity index (χ4n) is 5.98. The number of hydrogen-bond acceptors (Lipinski definition) is 1. The maximum Gasteiger partial charge on any atom is 0.000966 e. The van der Waals surface area contributed by atoms with Gasteiger partial charge in [-0.3, -0.25) is 0 Å². The van der Waals surface area contributed by atoms with Crippen molar-refractivity contribution in [2.75, 3.05) is 19.6 Å². The maximum absolute atomic E-state index is 2.84. The summed E-state index contributed by atoms with van der Waals surface area (Å²) in [6.07, 6.45) is 30.6. The molecule has 1 aliphatic heterocycles. The highest BCUT2D eigenvalue weighted by atomic mass is 15.1. The van der Waals surface area contributed by atoms with Crippen LogP contribution in [0.5, 0.6) is 0 Å². The lowest BCUT2D eigenvalue weighted by Gasteiger charge is -2.34. The molecule has 1 heteroatoms. The second-order valence-electron chi connectivity index (χ2n) is 11.4. The molecule has 0 N–H and O–H groups in total. The summed E-state index contributed by atoms with van der Waals surface area (Å²) in [5.41, 5.74) is 0. The zero-order valence-electron chi connectivity index (χ0n) is 23.1. The summed E-state index contributed by atoms with van der Waals surface area (Å²) < 4.78 is 0. The highest BCUT2D eigenvalue weighted by molar-refractivity contribution is 4.75. The third kappa shape index (κ3) is 15.7. The Morgan fingerprint density at radius 2 is 1.00 bits per heavy atom. The fourth-order valence-corrected chi connectivity index (χ4v) is 5.98. The van der Waals surface area contributed by atoms with Crippen molar-refractivity contribution in [1.82, 2.24) is 4.90 Å². The molecule has 0 bridgehead atoms. The van der Waals surface area contributed by atoms with E-state index in [-0.39, 0.29) is 0 Å². The van der Waals surface area contributed by atoms with Gasteiger partial charge in [-0.05, 0) is 56.5 Å². The molecule has 0 spiro atoms. The number of hydrogen-bond donors (Lipinski definition) is 0. The molecule has 0 aromatic rings. The van der Waals surface area contributed by atoms with Gasteiger partial charge in [-0.1, -0.05) is 137 Å². The predicted octanol–water partition coefficient (Wildman–Crippen LogP) is 10.4. The van der Waals surface area contributed by atoms with Crippen molar-refractivity contribution in [3.05, 3.63) is 0 Å². The highest BCUT2D eigenvalue weighted by Gasteiger charge is 2.22. The minimum absolute atomic E-state index is 0.968. The minimum Gasteiger partial charge on any atom is -0.303 e. The fraction of sp³-hybridized carbons (Fsp3) is 1.00. The Morgan fingerprint density at radius 3 is 1.56 bits per heavy atom. The lowest BCUT2D eigenvalue weighted by molar-refractivity contribution is 0.146. The Balaban J connectivity index is 2.24. The summed E-state index contributed by atoms with van der Waals surface area (Å²) >= 11 is 0. The van der Waals surface area contributed by atoms with Crippen molar-refractivity contribution in [2.24, 2.45) is 17.8 Å². The molecule has 0 aromatic heterocycles. The van der Waals surface area contributed by atoms with E-state index in [9.17, 15) is 0 Å². The number of likely N-dealkylation sites (tertiary alicyclic amines) is 1. The summed E-state index contributed by atoms with van der Waals surface area (Å²) in [5, 5.41) is 0. The second-order valence-corrected chi connectivity index (χ2v) is 11.4. The van der Waals surface area contributed by atoms with Gasteiger partial charge >= 0.3 is 0 Å². The standard InChI is InChI=1S/C31H63N/c1-5-9-13-15-20-29(18-11-7-3)22-17-23-30-24-26-32(27-25-30)28-31(19-12-8-4)21-16-14-10-6-2/h29-31H,5-28H2,1-4H3. The molecule has 1 saturated heterocycles. The van der Waals surface area contributed by atoms with Crippen LogP contribution in [-0.2, 0) is 0 Å². The third-order valence-corrected chi connectivity index (χ3v) is 8.31. The monoisotopic (exact) mass is 449 g/mol. The minimum atomic E-state index is 0.968. The normalized spacial score (nSPS) is 17.6. The Labute approximate surface area is 204 Å². The van der Waals surface area contributed by atoms with Gasteiger partial charge in [0.15, 0.2) is 0 Å². The van der Waals surface area contributed by atoms with Crippen LogP contribution in [0.2, 0.25) is 0 Å². The zero-order valence-corrected chi connectivity index (χ0v) is 23.1. The Bertz CT molecular complexity index is 371. The predicted molar refractivity (Wildman–Crippen MR) is 147 cm³/mol. The van der Waals surface area contributed by atoms with Gasteiger partial charge in [-0.2, -0.15) is 0 Å². The molecule has 2 atom stereocenters. The Morgan fingerprint density at radius 1 is 0.531 bits per heavy atom. The molecule has 1 rings (SSSR count). The van der Waals surface area contributed by atoms with E-state index < -0.39 is 0 Å². The van der Waals surface area contributed by atoms with Crippen molar-refractivity contribution in [2.45, 2.75) is 163 Å². The van der Waals surface area contributed by atoms with Crippen LogP contribution in [0.25, 0.3) is 0 Å². The molecule has 1 aliphatic rings. The molecule has 0 amide bonds. The quantitative estimate of drug-likeness (QED) is 0.148. The van der Waals surface area contributed by atoms with Gasteiger partial charge in [0.05, 0.1) is 0 Å². The second kappa shape index (κ2) is 21.5. The summed E-state index contributed by atoms with van der Waals surface area (Å²) in [4.78, 5) is 2.84. The molecule has 1 heterocycles. The van der Waals surface area contributed by atoms with Crippen LogP contribution >= 0.6 is 0 Å². The van der Waals surface area contributed by atoms with Gasteiger partial charge in [0.2, 0.25) is 0 Å². The van der Waals surface area contributed by atoms with Crippen LogP contribution < -0.4 is 0 Å². The molecular formula is C31H63N. The number of piperidine rings is 1. The Hall–Kier alpha value is -0.0400. The first-order valence-corrected chi connectivity index (χ1v) is 15.5. The van der Waals surface area contributed by atoms with E-state index >= 15 is 0 Å². The molecule has 1 nitrogen and oxygen atoms in total. The van der Waals surface area contributed by atoms with Crippen molar-refractivity contribution in [3.8, 4) is 0 Å². The van der Waals surface area contributed by atoms with E-state index in [1.165, 1.54) is 154 Å². The van der Waals surface area contributed by atoms with Gasteiger partial charge in [-0.25, -0.2) is 0 Å². The van der Waals surface area contributed by atoms with Crippen LogP contribution in [0.15, 0.2) is 0 Å². The topological polar surface area (TPSA) is 3.24 Å². The summed E-state index contributed by atoms with van der Waals surface area (Å²) in [6.45, 7) is 13.6. The zero-order chi connectivity index (χ0) is 23.3. The van der Waals surface area contributed by atoms with E-state index in [4.69, 9.17) is 0 Å². The van der Waals surface area contributed by atoms with Crippen molar-refractivity contribution in [1.29, 1.82) is 0 Å².